The number of rotatable bonds is 4. The monoisotopic (exact) mass is 317 g/mol. The molecule has 3 rings (SSSR count). The number of nitrogens with one attached hydrogen (secondary N) is 1. The Labute approximate surface area is 133 Å². The highest BCUT2D eigenvalue weighted by Crippen LogP contribution is 2.21. The molecule has 0 spiro atoms. The van der Waals surface area contributed by atoms with E-state index in [4.69, 9.17) is 0 Å². The van der Waals surface area contributed by atoms with Crippen molar-refractivity contribution >= 4 is 17.2 Å². The van der Waals surface area contributed by atoms with Crippen molar-refractivity contribution < 1.29 is 4.79 Å². The van der Waals surface area contributed by atoms with E-state index < -0.39 is 0 Å². The van der Waals surface area contributed by atoms with E-state index in [1.165, 1.54) is 17.2 Å². The summed E-state index contributed by atoms with van der Waals surface area (Å²) < 4.78 is 1.24. The van der Waals surface area contributed by atoms with Crippen molar-refractivity contribution in [3.05, 3.63) is 40.0 Å². The van der Waals surface area contributed by atoms with Crippen LogP contribution in [0.4, 0.5) is 0 Å². The minimum absolute atomic E-state index is 0.0193. The molecular weight excluding hydrogens is 298 g/mol. The first-order chi connectivity index (χ1) is 10.7. The molecule has 1 amide bonds. The van der Waals surface area contributed by atoms with Crippen LogP contribution in [-0.2, 0) is 11.3 Å². The van der Waals surface area contributed by atoms with Crippen molar-refractivity contribution in [1.82, 2.24) is 15.1 Å². The van der Waals surface area contributed by atoms with Gasteiger partial charge in [0.2, 0.25) is 5.91 Å². The van der Waals surface area contributed by atoms with Gasteiger partial charge in [0.15, 0.2) is 0 Å². The first-order valence-corrected chi connectivity index (χ1v) is 8.52. The molecule has 2 aromatic heterocycles. The van der Waals surface area contributed by atoms with Crippen molar-refractivity contribution in [2.45, 2.75) is 44.7 Å². The topological polar surface area (TPSA) is 64.0 Å². The van der Waals surface area contributed by atoms with Gasteiger partial charge in [-0.1, -0.05) is 25.3 Å². The zero-order chi connectivity index (χ0) is 15.4. The van der Waals surface area contributed by atoms with Crippen LogP contribution in [0.25, 0.3) is 10.6 Å². The summed E-state index contributed by atoms with van der Waals surface area (Å²) in [5.74, 6) is -0.134. The number of thiophene rings is 1. The second-order valence-electron chi connectivity index (χ2n) is 5.59. The summed E-state index contributed by atoms with van der Waals surface area (Å²) in [6.07, 6.45) is 5.64. The number of carbonyl (C=O) groups excluding carboxylic acids is 1. The van der Waals surface area contributed by atoms with Gasteiger partial charge in [-0.3, -0.25) is 9.59 Å². The molecule has 0 aromatic carbocycles. The van der Waals surface area contributed by atoms with Gasteiger partial charge in [0.05, 0.1) is 4.88 Å². The van der Waals surface area contributed by atoms with Crippen molar-refractivity contribution in [2.75, 3.05) is 0 Å². The number of nitrogens with zero attached hydrogens (tertiary/aromatic N) is 2. The van der Waals surface area contributed by atoms with E-state index >= 15 is 0 Å². The Balaban J connectivity index is 1.70. The Morgan fingerprint density at radius 3 is 2.82 bits per heavy atom. The zero-order valence-electron chi connectivity index (χ0n) is 12.3. The SMILES string of the molecule is O=C(Cn1nc(-c2cccs2)ccc1=O)NC1CCCCC1. The van der Waals surface area contributed by atoms with E-state index in [2.05, 4.69) is 10.4 Å². The maximum Gasteiger partial charge on any atom is 0.267 e. The van der Waals surface area contributed by atoms with Gasteiger partial charge in [-0.05, 0) is 30.4 Å². The molecule has 1 N–H and O–H groups in total. The lowest BCUT2D eigenvalue weighted by Gasteiger charge is -2.22. The predicted octanol–water partition coefficient (Wildman–Crippen LogP) is 2.42. The molecule has 1 aliphatic rings. The van der Waals surface area contributed by atoms with Crippen LogP contribution in [0, 0.1) is 0 Å². The average molecular weight is 317 g/mol. The smallest absolute Gasteiger partial charge is 0.267 e. The Bertz CT molecular complexity index is 688. The van der Waals surface area contributed by atoms with Gasteiger partial charge in [0.25, 0.3) is 5.56 Å². The molecular formula is C16H19N3O2S. The van der Waals surface area contributed by atoms with Crippen molar-refractivity contribution in [1.29, 1.82) is 0 Å². The van der Waals surface area contributed by atoms with Crippen LogP contribution in [0.5, 0.6) is 0 Å². The van der Waals surface area contributed by atoms with Crippen LogP contribution < -0.4 is 10.9 Å². The van der Waals surface area contributed by atoms with Crippen LogP contribution >= 0.6 is 11.3 Å². The number of hydrogen-bond acceptors (Lipinski definition) is 4. The molecule has 116 valence electrons. The minimum atomic E-state index is -0.251. The fourth-order valence-electron chi connectivity index (χ4n) is 2.77. The molecule has 1 saturated carbocycles. The van der Waals surface area contributed by atoms with Gasteiger partial charge in [0.1, 0.15) is 12.2 Å². The lowest BCUT2D eigenvalue weighted by Crippen LogP contribution is -2.40. The van der Waals surface area contributed by atoms with Gasteiger partial charge in [-0.2, -0.15) is 5.10 Å². The number of aromatic nitrogens is 2. The first-order valence-electron chi connectivity index (χ1n) is 7.64. The fraction of sp³-hybridized carbons (Fsp3) is 0.438. The first kappa shape index (κ1) is 15.0. The predicted molar refractivity (Wildman–Crippen MR) is 86.8 cm³/mol. The molecule has 6 heteroatoms. The van der Waals surface area contributed by atoms with E-state index in [1.54, 1.807) is 17.4 Å². The molecule has 0 radical (unpaired) electrons. The van der Waals surface area contributed by atoms with Crippen molar-refractivity contribution in [3.63, 3.8) is 0 Å². The molecule has 2 aromatic rings. The van der Waals surface area contributed by atoms with Gasteiger partial charge in [-0.25, -0.2) is 4.68 Å². The van der Waals surface area contributed by atoms with Gasteiger partial charge >= 0.3 is 0 Å². The minimum Gasteiger partial charge on any atom is -0.352 e. The zero-order valence-corrected chi connectivity index (χ0v) is 13.1. The summed E-state index contributed by atoms with van der Waals surface area (Å²) in [6.45, 7) is -0.0193. The van der Waals surface area contributed by atoms with Crippen LogP contribution in [-0.4, -0.2) is 21.7 Å². The molecule has 1 aliphatic carbocycles. The molecule has 0 unspecified atom stereocenters. The summed E-state index contributed by atoms with van der Waals surface area (Å²) in [6, 6.07) is 7.30. The lowest BCUT2D eigenvalue weighted by molar-refractivity contribution is -0.122. The number of hydrogen-bond donors (Lipinski definition) is 1. The summed E-state index contributed by atoms with van der Waals surface area (Å²) in [5.41, 5.74) is 0.471. The summed E-state index contributed by atoms with van der Waals surface area (Å²) in [4.78, 5) is 25.0. The Hall–Kier alpha value is -1.95. The van der Waals surface area contributed by atoms with Crippen LogP contribution in [0.3, 0.4) is 0 Å². The summed E-state index contributed by atoms with van der Waals surface area (Å²) >= 11 is 1.56. The van der Waals surface area contributed by atoms with Crippen LogP contribution in [0.1, 0.15) is 32.1 Å². The third kappa shape index (κ3) is 3.62. The second-order valence-corrected chi connectivity index (χ2v) is 6.54. The molecule has 0 aliphatic heterocycles. The lowest BCUT2D eigenvalue weighted by atomic mass is 9.95. The van der Waals surface area contributed by atoms with Gasteiger partial charge in [0, 0.05) is 12.1 Å². The highest BCUT2D eigenvalue weighted by molar-refractivity contribution is 7.13. The Morgan fingerprint density at radius 2 is 2.09 bits per heavy atom. The molecule has 0 saturated heterocycles. The standard InChI is InChI=1S/C16H19N3O2S/c20-15(17-12-5-2-1-3-6-12)11-19-16(21)9-8-13(18-19)14-7-4-10-22-14/h4,7-10,12H,1-3,5-6,11H2,(H,17,20). The number of carbonyl (C=O) groups is 1. The normalized spacial score (nSPS) is 15.6. The molecule has 0 bridgehead atoms. The molecule has 5 nitrogen and oxygen atoms in total. The maximum absolute atomic E-state index is 12.1. The van der Waals surface area contributed by atoms with E-state index in [0.717, 1.165) is 36.3 Å². The Kier molecular flexibility index (Phi) is 4.68. The van der Waals surface area contributed by atoms with E-state index in [9.17, 15) is 9.59 Å². The summed E-state index contributed by atoms with van der Waals surface area (Å²) in [7, 11) is 0. The summed E-state index contributed by atoms with van der Waals surface area (Å²) in [5, 5.41) is 9.27. The van der Waals surface area contributed by atoms with Crippen LogP contribution in [0.2, 0.25) is 0 Å². The van der Waals surface area contributed by atoms with Gasteiger partial charge in [-0.15, -0.1) is 11.3 Å². The van der Waals surface area contributed by atoms with Crippen molar-refractivity contribution in [3.8, 4) is 10.6 Å². The maximum atomic E-state index is 12.1. The highest BCUT2D eigenvalue weighted by Gasteiger charge is 2.16. The second kappa shape index (κ2) is 6.87. The third-order valence-corrected chi connectivity index (χ3v) is 4.80. The van der Waals surface area contributed by atoms with E-state index in [1.807, 2.05) is 17.5 Å². The molecule has 2 heterocycles. The fourth-order valence-corrected chi connectivity index (χ4v) is 3.46. The average Bonchev–Trinajstić information content (AvgIpc) is 3.05. The van der Waals surface area contributed by atoms with E-state index in [0.29, 0.717) is 0 Å². The highest BCUT2D eigenvalue weighted by atomic mass is 32.1. The largest absolute Gasteiger partial charge is 0.352 e. The van der Waals surface area contributed by atoms with E-state index in [-0.39, 0.29) is 24.1 Å². The molecule has 22 heavy (non-hydrogen) atoms. The van der Waals surface area contributed by atoms with Crippen LogP contribution in [0.15, 0.2) is 34.4 Å². The third-order valence-electron chi connectivity index (χ3n) is 3.90. The van der Waals surface area contributed by atoms with Gasteiger partial charge < -0.3 is 5.32 Å². The molecule has 0 atom stereocenters. The van der Waals surface area contributed by atoms with Crippen molar-refractivity contribution in [2.24, 2.45) is 0 Å². The quantitative estimate of drug-likeness (QED) is 0.942. The Morgan fingerprint density at radius 1 is 1.27 bits per heavy atom. The number of amides is 1. The molecule has 1 fully saturated rings.